The second-order valence-corrected chi connectivity index (χ2v) is 5.31. The summed E-state index contributed by atoms with van der Waals surface area (Å²) in [5.41, 5.74) is 0.700. The molecule has 7 nitrogen and oxygen atoms in total. The lowest BCUT2D eigenvalue weighted by molar-refractivity contribution is -0.128. The van der Waals surface area contributed by atoms with E-state index in [1.807, 2.05) is 0 Å². The summed E-state index contributed by atoms with van der Waals surface area (Å²) in [6, 6.07) is 6.24. The molecule has 8 heteroatoms. The van der Waals surface area contributed by atoms with Crippen LogP contribution in [0.15, 0.2) is 24.3 Å². The summed E-state index contributed by atoms with van der Waals surface area (Å²) >= 11 is 0.870. The zero-order chi connectivity index (χ0) is 16.1. The number of ether oxygens (including phenoxy) is 1. The van der Waals surface area contributed by atoms with Crippen LogP contribution in [-0.4, -0.2) is 46.8 Å². The van der Waals surface area contributed by atoms with Crippen molar-refractivity contribution in [1.29, 1.82) is 0 Å². The van der Waals surface area contributed by atoms with Gasteiger partial charge in [-0.3, -0.25) is 19.3 Å². The Balaban J connectivity index is 1.99. The number of thioether (sulfide) groups is 1. The molecule has 0 spiro atoms. The van der Waals surface area contributed by atoms with Crippen LogP contribution in [0.25, 0.3) is 0 Å². The van der Waals surface area contributed by atoms with Crippen molar-refractivity contribution in [3.8, 4) is 0 Å². The van der Waals surface area contributed by atoms with Crippen LogP contribution >= 0.6 is 11.8 Å². The lowest BCUT2D eigenvalue weighted by Gasteiger charge is -2.13. The molecule has 1 aliphatic rings. The number of nitrogens with one attached hydrogen (secondary N) is 1. The number of carbonyl (C=O) groups is 4. The number of hydrogen-bond acceptors (Lipinski definition) is 6. The standard InChI is InChI=1S/C14H14N2O5S/c1-2-21-13(19)9-4-3-5-10(6-9)15-11(17)7-16-12(18)8-22-14(16)20/h3-6H,2,7-8H2,1H3,(H,15,17). The molecule has 1 aliphatic heterocycles. The number of hydrogen-bond donors (Lipinski definition) is 1. The van der Waals surface area contributed by atoms with Crippen LogP contribution in [0, 0.1) is 0 Å². The van der Waals surface area contributed by atoms with Crippen molar-refractivity contribution in [3.05, 3.63) is 29.8 Å². The van der Waals surface area contributed by atoms with Gasteiger partial charge >= 0.3 is 5.97 Å². The fraction of sp³-hybridized carbons (Fsp3) is 0.286. The van der Waals surface area contributed by atoms with E-state index in [0.29, 0.717) is 11.3 Å². The van der Waals surface area contributed by atoms with Gasteiger partial charge in [0.2, 0.25) is 11.8 Å². The number of imide groups is 1. The third kappa shape index (κ3) is 3.85. The zero-order valence-corrected chi connectivity index (χ0v) is 12.6. The third-order valence-electron chi connectivity index (χ3n) is 2.80. The molecule has 0 unspecified atom stereocenters. The number of rotatable bonds is 5. The highest BCUT2D eigenvalue weighted by Gasteiger charge is 2.31. The van der Waals surface area contributed by atoms with Crippen molar-refractivity contribution in [1.82, 2.24) is 4.90 Å². The fourth-order valence-electron chi connectivity index (χ4n) is 1.82. The second-order valence-electron chi connectivity index (χ2n) is 4.38. The molecule has 1 saturated heterocycles. The Morgan fingerprint density at radius 2 is 2.14 bits per heavy atom. The summed E-state index contributed by atoms with van der Waals surface area (Å²) in [6.45, 7) is 1.62. The number of nitrogens with zero attached hydrogens (tertiary/aromatic N) is 1. The summed E-state index contributed by atoms with van der Waals surface area (Å²) in [4.78, 5) is 47.2. The average molecular weight is 322 g/mol. The SMILES string of the molecule is CCOC(=O)c1cccc(NC(=O)CN2C(=O)CSC2=O)c1. The fourth-order valence-corrected chi connectivity index (χ4v) is 2.54. The molecule has 2 rings (SSSR count). The molecule has 3 amide bonds. The molecule has 1 aromatic rings. The Morgan fingerprint density at radius 3 is 2.77 bits per heavy atom. The first-order valence-electron chi connectivity index (χ1n) is 6.55. The normalized spacial score (nSPS) is 14.1. The smallest absolute Gasteiger partial charge is 0.338 e. The van der Waals surface area contributed by atoms with E-state index >= 15 is 0 Å². The molecule has 0 aliphatic carbocycles. The molecule has 0 atom stereocenters. The van der Waals surface area contributed by atoms with Crippen molar-refractivity contribution >= 4 is 40.5 Å². The van der Waals surface area contributed by atoms with E-state index < -0.39 is 17.1 Å². The predicted molar refractivity (Wildman–Crippen MR) is 80.6 cm³/mol. The quantitative estimate of drug-likeness (QED) is 0.826. The van der Waals surface area contributed by atoms with Crippen LogP contribution in [0.2, 0.25) is 0 Å². The molecule has 0 aromatic heterocycles. The van der Waals surface area contributed by atoms with Crippen LogP contribution in [0.5, 0.6) is 0 Å². The molecule has 0 bridgehead atoms. The van der Waals surface area contributed by atoms with E-state index in [1.165, 1.54) is 6.07 Å². The highest BCUT2D eigenvalue weighted by Crippen LogP contribution is 2.18. The zero-order valence-electron chi connectivity index (χ0n) is 11.8. The van der Waals surface area contributed by atoms with E-state index in [1.54, 1.807) is 25.1 Å². The van der Waals surface area contributed by atoms with Crippen molar-refractivity contribution < 1.29 is 23.9 Å². The Kier molecular flexibility index (Phi) is 5.16. The molecule has 0 saturated carbocycles. The van der Waals surface area contributed by atoms with Crippen LogP contribution in [0.1, 0.15) is 17.3 Å². The Bertz CT molecular complexity index is 615. The molecule has 1 aromatic carbocycles. The van der Waals surface area contributed by atoms with Crippen molar-refractivity contribution in [3.63, 3.8) is 0 Å². The van der Waals surface area contributed by atoms with Gasteiger partial charge in [0.05, 0.1) is 17.9 Å². The van der Waals surface area contributed by atoms with E-state index in [9.17, 15) is 19.2 Å². The predicted octanol–water partition coefficient (Wildman–Crippen LogP) is 1.50. The van der Waals surface area contributed by atoms with Gasteiger partial charge in [-0.25, -0.2) is 4.79 Å². The minimum Gasteiger partial charge on any atom is -0.462 e. The molecular formula is C14H14N2O5S. The van der Waals surface area contributed by atoms with Crippen LogP contribution < -0.4 is 5.32 Å². The highest BCUT2D eigenvalue weighted by molar-refractivity contribution is 8.14. The summed E-state index contributed by atoms with van der Waals surface area (Å²) in [5.74, 6) is -1.32. The Morgan fingerprint density at radius 1 is 1.36 bits per heavy atom. The second kappa shape index (κ2) is 7.08. The molecular weight excluding hydrogens is 308 g/mol. The molecule has 1 fully saturated rings. The van der Waals surface area contributed by atoms with Gasteiger partial charge in [0.25, 0.3) is 5.24 Å². The van der Waals surface area contributed by atoms with Gasteiger partial charge in [-0.05, 0) is 25.1 Å². The summed E-state index contributed by atoms with van der Waals surface area (Å²) in [5, 5.41) is 2.12. The highest BCUT2D eigenvalue weighted by atomic mass is 32.2. The minimum absolute atomic E-state index is 0.0600. The average Bonchev–Trinajstić information content (AvgIpc) is 2.79. The lowest BCUT2D eigenvalue weighted by atomic mass is 10.2. The van der Waals surface area contributed by atoms with Gasteiger partial charge in [0.1, 0.15) is 6.54 Å². The summed E-state index contributed by atoms with van der Waals surface area (Å²) < 4.78 is 4.87. The number of amides is 3. The van der Waals surface area contributed by atoms with Crippen molar-refractivity contribution in [2.45, 2.75) is 6.92 Å². The van der Waals surface area contributed by atoms with E-state index in [4.69, 9.17) is 4.74 Å². The molecule has 1 heterocycles. The van der Waals surface area contributed by atoms with E-state index in [-0.39, 0.29) is 24.8 Å². The minimum atomic E-state index is -0.509. The van der Waals surface area contributed by atoms with Gasteiger partial charge in [0.15, 0.2) is 0 Å². The maximum absolute atomic E-state index is 11.9. The Hall–Kier alpha value is -2.35. The Labute approximate surface area is 131 Å². The van der Waals surface area contributed by atoms with Gasteiger partial charge in [-0.2, -0.15) is 0 Å². The number of benzene rings is 1. The first-order chi connectivity index (χ1) is 10.5. The van der Waals surface area contributed by atoms with Gasteiger partial charge in [-0.15, -0.1) is 0 Å². The number of anilines is 1. The monoisotopic (exact) mass is 322 g/mol. The number of esters is 1. The summed E-state index contributed by atoms with van der Waals surface area (Å²) in [6.07, 6.45) is 0. The van der Waals surface area contributed by atoms with Crippen molar-refractivity contribution in [2.75, 3.05) is 24.2 Å². The van der Waals surface area contributed by atoms with E-state index in [0.717, 1.165) is 16.7 Å². The molecule has 22 heavy (non-hydrogen) atoms. The van der Waals surface area contributed by atoms with Crippen LogP contribution in [-0.2, 0) is 14.3 Å². The largest absolute Gasteiger partial charge is 0.462 e. The van der Waals surface area contributed by atoms with Crippen LogP contribution in [0.3, 0.4) is 0 Å². The molecule has 0 radical (unpaired) electrons. The van der Waals surface area contributed by atoms with Gasteiger partial charge < -0.3 is 10.1 Å². The summed E-state index contributed by atoms with van der Waals surface area (Å²) in [7, 11) is 0. The maximum atomic E-state index is 11.9. The molecule has 1 N–H and O–H groups in total. The molecule has 116 valence electrons. The topological polar surface area (TPSA) is 92.8 Å². The third-order valence-corrected chi connectivity index (χ3v) is 3.66. The lowest BCUT2D eigenvalue weighted by Crippen LogP contribution is -2.36. The van der Waals surface area contributed by atoms with Crippen molar-refractivity contribution in [2.24, 2.45) is 0 Å². The van der Waals surface area contributed by atoms with Gasteiger partial charge in [-0.1, -0.05) is 17.8 Å². The van der Waals surface area contributed by atoms with Crippen LogP contribution in [0.4, 0.5) is 10.5 Å². The first kappa shape index (κ1) is 16.0. The maximum Gasteiger partial charge on any atom is 0.338 e. The van der Waals surface area contributed by atoms with E-state index in [2.05, 4.69) is 5.32 Å². The number of carbonyl (C=O) groups excluding carboxylic acids is 4. The first-order valence-corrected chi connectivity index (χ1v) is 7.54. The van der Waals surface area contributed by atoms with Gasteiger partial charge in [0, 0.05) is 5.69 Å².